The highest BCUT2D eigenvalue weighted by Crippen LogP contribution is 2.41. The molecule has 15 heavy (non-hydrogen) atoms. The summed E-state index contributed by atoms with van der Waals surface area (Å²) in [7, 11) is 1.53. The standard InChI is InChI=1S/C10H13Br2NO2/c1-15-7-5-6(3-2-4-13)8(11)9(12)10(7)14/h5,14H,2-4,13H2,1H3. The maximum Gasteiger partial charge on any atom is 0.173 e. The second kappa shape index (κ2) is 5.72. The van der Waals surface area contributed by atoms with Crippen molar-refractivity contribution in [1.82, 2.24) is 0 Å². The van der Waals surface area contributed by atoms with Crippen LogP contribution in [0.25, 0.3) is 0 Å². The zero-order valence-corrected chi connectivity index (χ0v) is 11.6. The molecular formula is C10H13Br2NO2. The fraction of sp³-hybridized carbons (Fsp3) is 0.400. The van der Waals surface area contributed by atoms with Gasteiger partial charge in [0.2, 0.25) is 0 Å². The van der Waals surface area contributed by atoms with E-state index in [1.165, 1.54) is 7.11 Å². The van der Waals surface area contributed by atoms with Gasteiger partial charge in [-0.1, -0.05) is 0 Å². The lowest BCUT2D eigenvalue weighted by Crippen LogP contribution is -2.01. The SMILES string of the molecule is COc1cc(CCCN)c(Br)c(Br)c1O. The van der Waals surface area contributed by atoms with Gasteiger partial charge in [0.25, 0.3) is 0 Å². The van der Waals surface area contributed by atoms with Crippen LogP contribution in [0.2, 0.25) is 0 Å². The van der Waals surface area contributed by atoms with Crippen LogP contribution >= 0.6 is 31.9 Å². The second-order valence-corrected chi connectivity index (χ2v) is 4.69. The van der Waals surface area contributed by atoms with E-state index in [2.05, 4.69) is 31.9 Å². The van der Waals surface area contributed by atoms with Crippen LogP contribution in [0, 0.1) is 0 Å². The topological polar surface area (TPSA) is 55.5 Å². The van der Waals surface area contributed by atoms with Gasteiger partial charge in [-0.2, -0.15) is 0 Å². The molecule has 84 valence electrons. The number of aryl methyl sites for hydroxylation is 1. The van der Waals surface area contributed by atoms with E-state index >= 15 is 0 Å². The molecular weight excluding hydrogens is 326 g/mol. The van der Waals surface area contributed by atoms with Crippen molar-refractivity contribution in [2.45, 2.75) is 12.8 Å². The van der Waals surface area contributed by atoms with E-state index < -0.39 is 0 Å². The molecule has 0 saturated carbocycles. The van der Waals surface area contributed by atoms with E-state index in [0.717, 1.165) is 22.9 Å². The van der Waals surface area contributed by atoms with E-state index in [-0.39, 0.29) is 5.75 Å². The van der Waals surface area contributed by atoms with Crippen molar-refractivity contribution in [2.75, 3.05) is 13.7 Å². The molecule has 3 N–H and O–H groups in total. The van der Waals surface area contributed by atoms with Gasteiger partial charge in [0.15, 0.2) is 11.5 Å². The van der Waals surface area contributed by atoms with Crippen molar-refractivity contribution in [2.24, 2.45) is 5.73 Å². The monoisotopic (exact) mass is 337 g/mol. The third-order valence-electron chi connectivity index (χ3n) is 2.09. The largest absolute Gasteiger partial charge is 0.503 e. The molecule has 1 aromatic carbocycles. The molecule has 3 nitrogen and oxygen atoms in total. The average Bonchev–Trinajstić information content (AvgIpc) is 2.25. The van der Waals surface area contributed by atoms with Gasteiger partial charge in [-0.25, -0.2) is 0 Å². The number of hydrogen-bond acceptors (Lipinski definition) is 3. The lowest BCUT2D eigenvalue weighted by Gasteiger charge is -2.11. The minimum atomic E-state index is 0.112. The zero-order chi connectivity index (χ0) is 11.4. The number of aromatic hydroxyl groups is 1. The Morgan fingerprint density at radius 3 is 2.60 bits per heavy atom. The first-order valence-electron chi connectivity index (χ1n) is 4.55. The molecule has 0 amide bonds. The van der Waals surface area contributed by atoms with Gasteiger partial charge in [0.1, 0.15) is 0 Å². The predicted molar refractivity (Wildman–Crippen MR) is 67.4 cm³/mol. The summed E-state index contributed by atoms with van der Waals surface area (Å²) in [6, 6.07) is 1.82. The molecule has 0 aliphatic carbocycles. The number of ether oxygens (including phenoxy) is 1. The molecule has 5 heteroatoms. The van der Waals surface area contributed by atoms with E-state index in [1.807, 2.05) is 6.07 Å². The molecule has 0 heterocycles. The number of phenolic OH excluding ortho intramolecular Hbond substituents is 1. The maximum atomic E-state index is 9.70. The Balaban J connectivity index is 3.11. The molecule has 0 aliphatic rings. The molecule has 0 bridgehead atoms. The van der Waals surface area contributed by atoms with E-state index in [9.17, 15) is 5.11 Å². The van der Waals surface area contributed by atoms with E-state index in [1.54, 1.807) is 0 Å². The summed E-state index contributed by atoms with van der Waals surface area (Å²) in [5.74, 6) is 0.581. The number of methoxy groups -OCH3 is 1. The molecule has 0 radical (unpaired) electrons. The molecule has 1 rings (SSSR count). The number of benzene rings is 1. The van der Waals surface area contributed by atoms with Crippen molar-refractivity contribution < 1.29 is 9.84 Å². The molecule has 1 aromatic rings. The predicted octanol–water partition coefficient (Wildman–Crippen LogP) is 2.82. The maximum absolute atomic E-state index is 9.70. The van der Waals surface area contributed by atoms with Gasteiger partial charge >= 0.3 is 0 Å². The Morgan fingerprint density at radius 2 is 2.07 bits per heavy atom. The highest BCUT2D eigenvalue weighted by molar-refractivity contribution is 9.13. The third kappa shape index (κ3) is 2.86. The fourth-order valence-corrected chi connectivity index (χ4v) is 2.22. The Bertz CT molecular complexity index is 356. The molecule has 0 saturated heterocycles. The van der Waals surface area contributed by atoms with Gasteiger partial charge in [0.05, 0.1) is 11.6 Å². The highest BCUT2D eigenvalue weighted by Gasteiger charge is 2.14. The first-order valence-corrected chi connectivity index (χ1v) is 6.14. The Hall–Kier alpha value is -0.260. The number of phenols is 1. The van der Waals surface area contributed by atoms with Crippen LogP contribution < -0.4 is 10.5 Å². The number of halogens is 2. The molecule has 0 spiro atoms. The van der Waals surface area contributed by atoms with Crippen molar-refractivity contribution in [3.63, 3.8) is 0 Å². The van der Waals surface area contributed by atoms with Crippen molar-refractivity contribution in [1.29, 1.82) is 0 Å². The summed E-state index contributed by atoms with van der Waals surface area (Å²) in [6.07, 6.45) is 1.76. The second-order valence-electron chi connectivity index (χ2n) is 3.11. The van der Waals surface area contributed by atoms with E-state index in [0.29, 0.717) is 16.8 Å². The van der Waals surface area contributed by atoms with Crippen LogP contribution in [0.15, 0.2) is 15.0 Å². The lowest BCUT2D eigenvalue weighted by atomic mass is 10.1. The summed E-state index contributed by atoms with van der Waals surface area (Å²) in [5.41, 5.74) is 6.53. The van der Waals surface area contributed by atoms with Crippen LogP contribution in [0.4, 0.5) is 0 Å². The first-order chi connectivity index (χ1) is 7.11. The lowest BCUT2D eigenvalue weighted by molar-refractivity contribution is 0.371. The number of nitrogens with two attached hydrogens (primary N) is 1. The van der Waals surface area contributed by atoms with Crippen molar-refractivity contribution in [3.8, 4) is 11.5 Å². The van der Waals surface area contributed by atoms with Crippen molar-refractivity contribution >= 4 is 31.9 Å². The number of rotatable bonds is 4. The Kier molecular flexibility index (Phi) is 4.89. The Morgan fingerprint density at radius 1 is 1.40 bits per heavy atom. The van der Waals surface area contributed by atoms with Gasteiger partial charge in [-0.05, 0) is 62.9 Å². The van der Waals surface area contributed by atoms with Gasteiger partial charge in [0, 0.05) is 4.47 Å². The van der Waals surface area contributed by atoms with Gasteiger partial charge in [-0.15, -0.1) is 0 Å². The smallest absolute Gasteiger partial charge is 0.173 e. The molecule has 0 aromatic heterocycles. The summed E-state index contributed by atoms with van der Waals surface area (Å²) >= 11 is 6.73. The van der Waals surface area contributed by atoms with Gasteiger partial charge < -0.3 is 15.6 Å². The van der Waals surface area contributed by atoms with Gasteiger partial charge in [-0.3, -0.25) is 0 Å². The first kappa shape index (κ1) is 12.8. The molecule has 0 unspecified atom stereocenters. The fourth-order valence-electron chi connectivity index (χ4n) is 1.27. The van der Waals surface area contributed by atoms with E-state index in [4.69, 9.17) is 10.5 Å². The quantitative estimate of drug-likeness (QED) is 0.887. The normalized spacial score (nSPS) is 10.4. The zero-order valence-electron chi connectivity index (χ0n) is 8.39. The molecule has 0 atom stereocenters. The van der Waals surface area contributed by atoms with Crippen LogP contribution in [0.1, 0.15) is 12.0 Å². The molecule has 0 fully saturated rings. The third-order valence-corrected chi connectivity index (χ3v) is 4.30. The average molecular weight is 339 g/mol. The van der Waals surface area contributed by atoms with Crippen LogP contribution in [0.3, 0.4) is 0 Å². The van der Waals surface area contributed by atoms with Crippen LogP contribution in [-0.4, -0.2) is 18.8 Å². The summed E-state index contributed by atoms with van der Waals surface area (Å²) in [5, 5.41) is 9.70. The number of hydrogen-bond donors (Lipinski definition) is 2. The highest BCUT2D eigenvalue weighted by atomic mass is 79.9. The minimum absolute atomic E-state index is 0.112. The Labute approximate surface area is 106 Å². The van der Waals surface area contributed by atoms with Crippen LogP contribution in [0.5, 0.6) is 11.5 Å². The van der Waals surface area contributed by atoms with Crippen molar-refractivity contribution in [3.05, 3.63) is 20.6 Å². The summed E-state index contributed by atoms with van der Waals surface area (Å²) < 4.78 is 6.54. The summed E-state index contributed by atoms with van der Waals surface area (Å²) in [6.45, 7) is 0.646. The summed E-state index contributed by atoms with van der Waals surface area (Å²) in [4.78, 5) is 0. The minimum Gasteiger partial charge on any atom is -0.503 e. The van der Waals surface area contributed by atoms with Crippen LogP contribution in [-0.2, 0) is 6.42 Å². The molecule has 0 aliphatic heterocycles.